The summed E-state index contributed by atoms with van der Waals surface area (Å²) < 4.78 is 0. The third-order valence-corrected chi connectivity index (χ3v) is 4.03. The highest BCUT2D eigenvalue weighted by Crippen LogP contribution is 2.50. The molecule has 1 amide bonds. The number of rotatable bonds is 5. The van der Waals surface area contributed by atoms with Gasteiger partial charge in [-0.2, -0.15) is 0 Å². The summed E-state index contributed by atoms with van der Waals surface area (Å²) in [4.78, 5) is 14.2. The van der Waals surface area contributed by atoms with Crippen LogP contribution in [0.4, 0.5) is 0 Å². The molecule has 1 aliphatic carbocycles. The summed E-state index contributed by atoms with van der Waals surface area (Å²) >= 11 is 6.18. The Kier molecular flexibility index (Phi) is 4.40. The lowest BCUT2D eigenvalue weighted by Gasteiger charge is -2.28. The van der Waals surface area contributed by atoms with Crippen LogP contribution in [0.3, 0.4) is 0 Å². The number of carbonyl (C=O) groups is 1. The van der Waals surface area contributed by atoms with Crippen molar-refractivity contribution in [3.05, 3.63) is 34.9 Å². The second-order valence-electron chi connectivity index (χ2n) is 6.14. The van der Waals surface area contributed by atoms with Crippen LogP contribution in [0.1, 0.15) is 38.7 Å². The number of benzene rings is 1. The van der Waals surface area contributed by atoms with Gasteiger partial charge in [-0.25, -0.2) is 0 Å². The van der Waals surface area contributed by atoms with Crippen LogP contribution in [-0.4, -0.2) is 34.6 Å². The lowest BCUT2D eigenvalue weighted by atomic mass is 10.1. The zero-order valence-electron chi connectivity index (χ0n) is 12.3. The highest BCUT2D eigenvalue weighted by molar-refractivity contribution is 6.31. The van der Waals surface area contributed by atoms with Gasteiger partial charge in [0.05, 0.1) is 5.60 Å². The summed E-state index contributed by atoms with van der Waals surface area (Å²) in [6, 6.07) is 7.71. The molecule has 2 unspecified atom stereocenters. The molecule has 0 saturated heterocycles. The van der Waals surface area contributed by atoms with E-state index in [0.29, 0.717) is 13.1 Å². The Hall–Kier alpha value is -1.06. The number of nitrogens with zero attached hydrogens (tertiary/aromatic N) is 1. The van der Waals surface area contributed by atoms with Gasteiger partial charge in [0.15, 0.2) is 0 Å². The van der Waals surface area contributed by atoms with Crippen LogP contribution < -0.4 is 0 Å². The normalized spacial score (nSPS) is 21.6. The van der Waals surface area contributed by atoms with Crippen LogP contribution in [0, 0.1) is 5.92 Å². The average Bonchev–Trinajstić information content (AvgIpc) is 3.14. The fourth-order valence-corrected chi connectivity index (χ4v) is 2.91. The molecule has 1 aliphatic rings. The standard InChI is InChI=1S/C16H22ClNO2/c1-4-18(10-16(2,3)20)15(19)13-9-12(13)11-7-5-6-8-14(11)17/h5-8,12-13,20H,4,9-10H2,1-3H3. The zero-order chi connectivity index (χ0) is 14.9. The van der Waals surface area contributed by atoms with Crippen LogP contribution in [0.2, 0.25) is 5.02 Å². The number of aliphatic hydroxyl groups is 1. The Morgan fingerprint density at radius 3 is 2.65 bits per heavy atom. The molecular weight excluding hydrogens is 274 g/mol. The number of carbonyl (C=O) groups excluding carboxylic acids is 1. The van der Waals surface area contributed by atoms with Crippen molar-refractivity contribution in [1.82, 2.24) is 4.90 Å². The van der Waals surface area contributed by atoms with Gasteiger partial charge in [0.1, 0.15) is 0 Å². The highest BCUT2D eigenvalue weighted by atomic mass is 35.5. The molecule has 0 spiro atoms. The molecule has 1 aromatic carbocycles. The van der Waals surface area contributed by atoms with Crippen molar-refractivity contribution < 1.29 is 9.90 Å². The monoisotopic (exact) mass is 295 g/mol. The van der Waals surface area contributed by atoms with E-state index in [0.717, 1.165) is 17.0 Å². The van der Waals surface area contributed by atoms with Crippen LogP contribution in [0.5, 0.6) is 0 Å². The fraction of sp³-hybridized carbons (Fsp3) is 0.562. The molecule has 3 nitrogen and oxygen atoms in total. The van der Waals surface area contributed by atoms with Crippen molar-refractivity contribution in [3.8, 4) is 0 Å². The predicted molar refractivity (Wildman–Crippen MR) is 80.9 cm³/mol. The van der Waals surface area contributed by atoms with E-state index in [-0.39, 0.29) is 17.7 Å². The first-order valence-electron chi connectivity index (χ1n) is 7.09. The van der Waals surface area contributed by atoms with E-state index in [4.69, 9.17) is 11.6 Å². The smallest absolute Gasteiger partial charge is 0.226 e. The summed E-state index contributed by atoms with van der Waals surface area (Å²) in [6.07, 6.45) is 0.852. The van der Waals surface area contributed by atoms with Gasteiger partial charge in [-0.05, 0) is 44.7 Å². The molecule has 1 saturated carbocycles. The maximum atomic E-state index is 12.5. The molecule has 1 fully saturated rings. The summed E-state index contributed by atoms with van der Waals surface area (Å²) in [5, 5.41) is 10.6. The quantitative estimate of drug-likeness (QED) is 0.907. The number of hydrogen-bond acceptors (Lipinski definition) is 2. The minimum Gasteiger partial charge on any atom is -0.389 e. The van der Waals surface area contributed by atoms with Gasteiger partial charge in [-0.1, -0.05) is 29.8 Å². The van der Waals surface area contributed by atoms with E-state index in [2.05, 4.69) is 0 Å². The second-order valence-corrected chi connectivity index (χ2v) is 6.54. The molecule has 4 heteroatoms. The predicted octanol–water partition coefficient (Wildman–Crippen LogP) is 3.06. The molecule has 0 bridgehead atoms. The molecule has 2 rings (SSSR count). The molecule has 0 radical (unpaired) electrons. The van der Waals surface area contributed by atoms with Gasteiger partial charge in [-0.15, -0.1) is 0 Å². The maximum absolute atomic E-state index is 12.5. The molecule has 1 N–H and O–H groups in total. The molecule has 0 aliphatic heterocycles. The minimum absolute atomic E-state index is 0.0113. The molecule has 0 heterocycles. The van der Waals surface area contributed by atoms with Gasteiger partial charge in [0.2, 0.25) is 5.91 Å². The number of hydrogen-bond donors (Lipinski definition) is 1. The van der Waals surface area contributed by atoms with Crippen molar-refractivity contribution in [3.63, 3.8) is 0 Å². The third kappa shape index (κ3) is 3.53. The van der Waals surface area contributed by atoms with Gasteiger partial charge in [-0.3, -0.25) is 4.79 Å². The van der Waals surface area contributed by atoms with Crippen molar-refractivity contribution in [2.45, 2.75) is 38.7 Å². The minimum atomic E-state index is -0.861. The van der Waals surface area contributed by atoms with Crippen LogP contribution >= 0.6 is 11.6 Å². The van der Waals surface area contributed by atoms with Crippen LogP contribution in [0.15, 0.2) is 24.3 Å². The number of amides is 1. The van der Waals surface area contributed by atoms with Crippen molar-refractivity contribution in [1.29, 1.82) is 0 Å². The molecule has 20 heavy (non-hydrogen) atoms. The summed E-state index contributed by atoms with van der Waals surface area (Å²) in [5.74, 6) is 0.365. The molecule has 110 valence electrons. The fourth-order valence-electron chi connectivity index (χ4n) is 2.63. The van der Waals surface area contributed by atoms with Gasteiger partial charge in [0, 0.05) is 24.0 Å². The van der Waals surface area contributed by atoms with Crippen LogP contribution in [-0.2, 0) is 4.79 Å². The zero-order valence-corrected chi connectivity index (χ0v) is 13.0. The van der Waals surface area contributed by atoms with E-state index in [9.17, 15) is 9.90 Å². The van der Waals surface area contributed by atoms with E-state index >= 15 is 0 Å². The number of likely N-dealkylation sites (N-methyl/N-ethyl adjacent to an activating group) is 1. The van der Waals surface area contributed by atoms with E-state index in [1.165, 1.54) is 0 Å². The SMILES string of the molecule is CCN(CC(C)(C)O)C(=O)C1CC1c1ccccc1Cl. The van der Waals surface area contributed by atoms with Gasteiger partial charge >= 0.3 is 0 Å². The van der Waals surface area contributed by atoms with Gasteiger partial charge < -0.3 is 10.0 Å². The first-order chi connectivity index (χ1) is 9.33. The Labute approximate surface area is 125 Å². The third-order valence-electron chi connectivity index (χ3n) is 3.68. The Morgan fingerprint density at radius 2 is 2.10 bits per heavy atom. The van der Waals surface area contributed by atoms with Crippen molar-refractivity contribution in [2.24, 2.45) is 5.92 Å². The molecule has 2 atom stereocenters. The lowest BCUT2D eigenvalue weighted by molar-refractivity contribution is -0.135. The van der Waals surface area contributed by atoms with Crippen molar-refractivity contribution >= 4 is 17.5 Å². The molecular formula is C16H22ClNO2. The summed E-state index contributed by atoms with van der Waals surface area (Å²) in [6.45, 7) is 6.38. The van der Waals surface area contributed by atoms with Crippen LogP contribution in [0.25, 0.3) is 0 Å². The first-order valence-corrected chi connectivity index (χ1v) is 7.47. The first kappa shape index (κ1) is 15.3. The average molecular weight is 296 g/mol. The van der Waals surface area contributed by atoms with Crippen molar-refractivity contribution in [2.75, 3.05) is 13.1 Å². The lowest BCUT2D eigenvalue weighted by Crippen LogP contribution is -2.42. The Bertz CT molecular complexity index is 495. The largest absolute Gasteiger partial charge is 0.389 e. The van der Waals surface area contributed by atoms with Gasteiger partial charge in [0.25, 0.3) is 0 Å². The van der Waals surface area contributed by atoms with E-state index in [1.807, 2.05) is 31.2 Å². The molecule has 1 aromatic rings. The second kappa shape index (κ2) is 5.74. The summed E-state index contributed by atoms with van der Waals surface area (Å²) in [7, 11) is 0. The highest BCUT2D eigenvalue weighted by Gasteiger charge is 2.46. The van der Waals surface area contributed by atoms with E-state index < -0.39 is 5.60 Å². The Balaban J connectivity index is 2.04. The Morgan fingerprint density at radius 1 is 1.45 bits per heavy atom. The number of halogens is 1. The summed E-state index contributed by atoms with van der Waals surface area (Å²) in [5.41, 5.74) is 0.201. The maximum Gasteiger partial charge on any atom is 0.226 e. The van der Waals surface area contributed by atoms with E-state index in [1.54, 1.807) is 18.7 Å². The molecule has 0 aromatic heterocycles. The topological polar surface area (TPSA) is 40.5 Å².